The van der Waals surface area contributed by atoms with Crippen LogP contribution in [0.4, 0.5) is 4.39 Å². The Morgan fingerprint density at radius 3 is 2.10 bits per heavy atom. The molecule has 6 saturated carbocycles. The molecule has 6 rings (SSSR count). The molecule has 52 valence electrons. The van der Waals surface area contributed by atoms with Gasteiger partial charge < -0.3 is 0 Å². The Balaban J connectivity index is 1.92. The van der Waals surface area contributed by atoms with Gasteiger partial charge in [0.15, 0.2) is 0 Å². The Bertz CT molecular complexity index is 252. The van der Waals surface area contributed by atoms with Crippen molar-refractivity contribution in [1.29, 1.82) is 0 Å². The summed E-state index contributed by atoms with van der Waals surface area (Å²) in [5.41, 5.74) is -0.584. The van der Waals surface area contributed by atoms with Crippen molar-refractivity contribution in [3.8, 4) is 0 Å². The van der Waals surface area contributed by atoms with Crippen molar-refractivity contribution in [2.24, 2.45) is 41.4 Å². The molecule has 0 aromatic rings. The van der Waals surface area contributed by atoms with Crippen molar-refractivity contribution < 1.29 is 4.39 Å². The van der Waals surface area contributed by atoms with Crippen LogP contribution in [0.25, 0.3) is 0 Å². The number of hydrogen-bond acceptors (Lipinski definition) is 0. The summed E-state index contributed by atoms with van der Waals surface area (Å²) < 4.78 is 13.8. The minimum absolute atomic E-state index is 0.584. The molecule has 0 N–H and O–H groups in total. The smallest absolute Gasteiger partial charge is 0.118 e. The van der Waals surface area contributed by atoms with Crippen LogP contribution in [0.1, 0.15) is 6.42 Å². The van der Waals surface area contributed by atoms with E-state index in [1.165, 1.54) is 0 Å². The average Bonchev–Trinajstić information content (AvgIpc) is 2.09. The van der Waals surface area contributed by atoms with Gasteiger partial charge in [-0.25, -0.2) is 4.39 Å². The van der Waals surface area contributed by atoms with Gasteiger partial charge in [0.1, 0.15) is 5.67 Å². The molecule has 0 aromatic carbocycles. The highest BCUT2D eigenvalue weighted by Gasteiger charge is 2.97. The lowest BCUT2D eigenvalue weighted by molar-refractivity contribution is -0.408. The molecule has 2 bridgehead atoms. The van der Waals surface area contributed by atoms with Gasteiger partial charge in [-0.2, -0.15) is 0 Å². The molecular formula is C9H9F. The van der Waals surface area contributed by atoms with E-state index >= 15 is 0 Å². The number of hydrogen-bond donors (Lipinski definition) is 0. The summed E-state index contributed by atoms with van der Waals surface area (Å²) in [6.45, 7) is 0. The molecule has 0 heterocycles. The lowest BCUT2D eigenvalue weighted by Crippen LogP contribution is -2.86. The van der Waals surface area contributed by atoms with Gasteiger partial charge in [-0.05, 0) is 36.0 Å². The van der Waals surface area contributed by atoms with Crippen LogP contribution in [-0.2, 0) is 0 Å². The second-order valence-corrected chi connectivity index (χ2v) is 5.16. The lowest BCUT2D eigenvalue weighted by Gasteiger charge is -2.85. The maximum Gasteiger partial charge on any atom is 0.118 e. The number of halogens is 1. The molecule has 0 nitrogen and oxygen atoms in total. The normalized spacial score (nSPS) is 97.5. The van der Waals surface area contributed by atoms with Gasteiger partial charge in [-0.1, -0.05) is 0 Å². The van der Waals surface area contributed by atoms with Crippen molar-refractivity contribution in [2.75, 3.05) is 0 Å². The molecule has 10 heavy (non-hydrogen) atoms. The van der Waals surface area contributed by atoms with E-state index in [1.54, 1.807) is 0 Å². The Kier molecular flexibility index (Phi) is 0.294. The fraction of sp³-hybridized carbons (Fsp3) is 1.00. The van der Waals surface area contributed by atoms with Crippen LogP contribution in [0.3, 0.4) is 0 Å². The number of rotatable bonds is 0. The SMILES string of the molecule is FC12CC3C4C5C3C1C5C42. The molecule has 0 saturated heterocycles. The van der Waals surface area contributed by atoms with Gasteiger partial charge in [-0.15, -0.1) is 0 Å². The Hall–Kier alpha value is -0.0700. The molecule has 4 unspecified atom stereocenters. The van der Waals surface area contributed by atoms with Crippen molar-refractivity contribution in [2.45, 2.75) is 12.1 Å². The van der Waals surface area contributed by atoms with Crippen molar-refractivity contribution in [3.63, 3.8) is 0 Å². The summed E-state index contributed by atoms with van der Waals surface area (Å²) in [4.78, 5) is 0. The first kappa shape index (κ1) is 4.08. The van der Waals surface area contributed by atoms with Crippen LogP contribution in [0, 0.1) is 41.4 Å². The summed E-state index contributed by atoms with van der Waals surface area (Å²) in [5, 5.41) is 0. The van der Waals surface area contributed by atoms with Crippen molar-refractivity contribution >= 4 is 0 Å². The van der Waals surface area contributed by atoms with Crippen molar-refractivity contribution in [1.82, 2.24) is 0 Å². The first-order chi connectivity index (χ1) is 4.84. The van der Waals surface area contributed by atoms with Gasteiger partial charge in [0.25, 0.3) is 0 Å². The summed E-state index contributed by atoms with van der Waals surface area (Å²) >= 11 is 0. The summed E-state index contributed by atoms with van der Waals surface area (Å²) in [6.07, 6.45) is 0.977. The highest BCUT2D eigenvalue weighted by molar-refractivity contribution is 5.43. The largest absolute Gasteiger partial charge is 0.243 e. The van der Waals surface area contributed by atoms with Gasteiger partial charge in [-0.3, -0.25) is 0 Å². The molecule has 6 aliphatic carbocycles. The first-order valence-corrected chi connectivity index (χ1v) is 4.53. The molecular weight excluding hydrogens is 127 g/mol. The highest BCUT2D eigenvalue weighted by atomic mass is 19.1. The molecule has 0 amide bonds. The van der Waals surface area contributed by atoms with Gasteiger partial charge >= 0.3 is 0 Å². The molecule has 0 aliphatic heterocycles. The molecule has 1 heteroatoms. The van der Waals surface area contributed by atoms with Gasteiger partial charge in [0, 0.05) is 11.8 Å². The maximum absolute atomic E-state index is 13.8. The Morgan fingerprint density at radius 1 is 1.00 bits per heavy atom. The topological polar surface area (TPSA) is 0 Å². The van der Waals surface area contributed by atoms with Crippen molar-refractivity contribution in [3.05, 3.63) is 0 Å². The molecule has 0 radical (unpaired) electrons. The van der Waals surface area contributed by atoms with Crippen LogP contribution in [0.5, 0.6) is 0 Å². The lowest BCUT2D eigenvalue weighted by atomic mass is 9.19. The third-order valence-corrected chi connectivity index (χ3v) is 5.64. The van der Waals surface area contributed by atoms with E-state index in [2.05, 4.69) is 0 Å². The second-order valence-electron chi connectivity index (χ2n) is 5.16. The first-order valence-electron chi connectivity index (χ1n) is 4.53. The van der Waals surface area contributed by atoms with E-state index in [-0.39, 0.29) is 0 Å². The van der Waals surface area contributed by atoms with E-state index in [4.69, 9.17) is 0 Å². The Labute approximate surface area is 58.8 Å². The van der Waals surface area contributed by atoms with Gasteiger partial charge in [0.05, 0.1) is 0 Å². The van der Waals surface area contributed by atoms with Gasteiger partial charge in [0.2, 0.25) is 0 Å². The minimum atomic E-state index is -0.584. The molecule has 6 fully saturated rings. The number of alkyl halides is 1. The van der Waals surface area contributed by atoms with Crippen LogP contribution in [0.2, 0.25) is 0 Å². The fourth-order valence-corrected chi connectivity index (χ4v) is 5.68. The van der Waals surface area contributed by atoms with Crippen LogP contribution < -0.4 is 0 Å². The standard InChI is InChI=1S/C9H9F/c10-9-1-2-3-5-4(2)8(9)6(5)7(3)9/h2-8H,1H2. The molecule has 4 atom stereocenters. The summed E-state index contributed by atoms with van der Waals surface area (Å²) in [5.74, 6) is 5.87. The van der Waals surface area contributed by atoms with E-state index < -0.39 is 5.67 Å². The zero-order valence-electron chi connectivity index (χ0n) is 5.63. The predicted octanol–water partition coefficient (Wildman–Crippen LogP) is 1.47. The van der Waals surface area contributed by atoms with Crippen LogP contribution in [0.15, 0.2) is 0 Å². The predicted molar refractivity (Wildman–Crippen MR) is 32.9 cm³/mol. The molecule has 0 spiro atoms. The third-order valence-electron chi connectivity index (χ3n) is 5.64. The van der Waals surface area contributed by atoms with Crippen LogP contribution >= 0.6 is 0 Å². The zero-order valence-corrected chi connectivity index (χ0v) is 5.63. The average molecular weight is 136 g/mol. The third kappa shape index (κ3) is 0.136. The van der Waals surface area contributed by atoms with E-state index in [1.807, 2.05) is 0 Å². The summed E-state index contributed by atoms with van der Waals surface area (Å²) in [7, 11) is 0. The zero-order chi connectivity index (χ0) is 6.25. The van der Waals surface area contributed by atoms with E-state index in [0.29, 0.717) is 11.8 Å². The monoisotopic (exact) mass is 136 g/mol. The summed E-state index contributed by atoms with van der Waals surface area (Å²) in [6, 6.07) is 0. The van der Waals surface area contributed by atoms with E-state index in [0.717, 1.165) is 36.0 Å². The quantitative estimate of drug-likeness (QED) is 0.473. The fourth-order valence-electron chi connectivity index (χ4n) is 5.68. The highest BCUT2D eigenvalue weighted by Crippen LogP contribution is 2.96. The van der Waals surface area contributed by atoms with E-state index in [9.17, 15) is 4.39 Å². The molecule has 0 aromatic heterocycles. The molecule has 6 aliphatic rings. The maximum atomic E-state index is 13.8. The van der Waals surface area contributed by atoms with Crippen LogP contribution in [-0.4, -0.2) is 5.67 Å². The second kappa shape index (κ2) is 0.720. The Morgan fingerprint density at radius 2 is 1.70 bits per heavy atom. The minimum Gasteiger partial charge on any atom is -0.243 e.